The van der Waals surface area contributed by atoms with Gasteiger partial charge in [-0.15, -0.1) is 0 Å². The van der Waals surface area contributed by atoms with E-state index in [4.69, 9.17) is 11.6 Å². The summed E-state index contributed by atoms with van der Waals surface area (Å²) < 4.78 is 0. The summed E-state index contributed by atoms with van der Waals surface area (Å²) in [7, 11) is 0. The minimum Gasteiger partial charge on any atom is -0.387 e. The lowest BCUT2D eigenvalue weighted by Gasteiger charge is -2.23. The van der Waals surface area contributed by atoms with Crippen molar-refractivity contribution in [3.05, 3.63) is 34.9 Å². The van der Waals surface area contributed by atoms with Crippen molar-refractivity contribution >= 4 is 17.6 Å². The average molecular weight is 297 g/mol. The van der Waals surface area contributed by atoms with Crippen molar-refractivity contribution in [2.45, 2.75) is 44.2 Å². The van der Waals surface area contributed by atoms with Crippen LogP contribution in [-0.4, -0.2) is 23.7 Å². The number of aliphatic hydroxyl groups excluding tert-OH is 1. The Kier molecular flexibility index (Phi) is 5.68. The summed E-state index contributed by atoms with van der Waals surface area (Å²) in [4.78, 5) is 11.7. The molecule has 1 saturated carbocycles. The van der Waals surface area contributed by atoms with Crippen molar-refractivity contribution in [2.75, 3.05) is 6.54 Å². The molecule has 1 aromatic rings. The number of hydrogen-bond acceptors (Lipinski definition) is 2. The zero-order valence-corrected chi connectivity index (χ0v) is 12.2. The molecule has 1 aliphatic rings. The van der Waals surface area contributed by atoms with Gasteiger partial charge in [0.15, 0.2) is 0 Å². The van der Waals surface area contributed by atoms with Crippen LogP contribution in [0.2, 0.25) is 5.02 Å². The monoisotopic (exact) mass is 296 g/mol. The van der Waals surface area contributed by atoms with Crippen molar-refractivity contribution < 1.29 is 9.90 Å². The first-order chi connectivity index (χ1) is 9.65. The molecule has 1 fully saturated rings. The first kappa shape index (κ1) is 15.1. The van der Waals surface area contributed by atoms with Gasteiger partial charge in [-0.1, -0.05) is 43.0 Å². The Morgan fingerprint density at radius 1 is 1.25 bits per heavy atom. The number of carbonyl (C=O) groups is 1. The molecule has 20 heavy (non-hydrogen) atoms. The van der Waals surface area contributed by atoms with Gasteiger partial charge in [0.05, 0.1) is 6.10 Å². The first-order valence-electron chi connectivity index (χ1n) is 7.13. The fourth-order valence-electron chi connectivity index (χ4n) is 2.48. The third-order valence-electron chi connectivity index (χ3n) is 3.65. The number of aliphatic hydroxyl groups is 1. The second-order valence-electron chi connectivity index (χ2n) is 5.26. The lowest BCUT2D eigenvalue weighted by atomic mass is 9.96. The summed E-state index contributed by atoms with van der Waals surface area (Å²) in [5, 5.41) is 16.3. The molecule has 0 spiro atoms. The molecular weight excluding hydrogens is 276 g/mol. The highest BCUT2D eigenvalue weighted by molar-refractivity contribution is 6.30. The second kappa shape index (κ2) is 7.50. The average Bonchev–Trinajstić information content (AvgIpc) is 2.46. The van der Waals surface area contributed by atoms with Crippen molar-refractivity contribution in [2.24, 2.45) is 0 Å². The van der Waals surface area contributed by atoms with Gasteiger partial charge in [-0.25, -0.2) is 4.79 Å². The van der Waals surface area contributed by atoms with Crippen LogP contribution in [0.4, 0.5) is 4.79 Å². The first-order valence-corrected chi connectivity index (χ1v) is 7.51. The van der Waals surface area contributed by atoms with Gasteiger partial charge in [0.2, 0.25) is 0 Å². The Bertz CT molecular complexity index is 430. The van der Waals surface area contributed by atoms with Gasteiger partial charge in [0.25, 0.3) is 0 Å². The smallest absolute Gasteiger partial charge is 0.315 e. The van der Waals surface area contributed by atoms with E-state index < -0.39 is 6.10 Å². The molecule has 110 valence electrons. The Morgan fingerprint density at radius 3 is 2.55 bits per heavy atom. The third kappa shape index (κ3) is 4.69. The van der Waals surface area contributed by atoms with Crippen LogP contribution in [0.1, 0.15) is 43.8 Å². The van der Waals surface area contributed by atoms with Crippen LogP contribution >= 0.6 is 11.6 Å². The van der Waals surface area contributed by atoms with E-state index in [-0.39, 0.29) is 18.6 Å². The number of rotatable bonds is 4. The van der Waals surface area contributed by atoms with E-state index in [1.807, 2.05) is 0 Å². The van der Waals surface area contributed by atoms with E-state index in [1.165, 1.54) is 19.3 Å². The predicted molar refractivity (Wildman–Crippen MR) is 79.8 cm³/mol. The molecule has 3 N–H and O–H groups in total. The quantitative estimate of drug-likeness (QED) is 0.800. The SMILES string of the molecule is O=C(NCC(O)c1ccc(Cl)cc1)NC1CCCCC1. The molecule has 4 nitrogen and oxygen atoms in total. The highest BCUT2D eigenvalue weighted by atomic mass is 35.5. The number of carbonyl (C=O) groups excluding carboxylic acids is 1. The van der Waals surface area contributed by atoms with Gasteiger partial charge >= 0.3 is 6.03 Å². The van der Waals surface area contributed by atoms with Gasteiger partial charge < -0.3 is 15.7 Å². The molecule has 0 aromatic heterocycles. The topological polar surface area (TPSA) is 61.4 Å². The van der Waals surface area contributed by atoms with Crippen molar-refractivity contribution in [1.82, 2.24) is 10.6 Å². The molecule has 0 heterocycles. The molecule has 0 bridgehead atoms. The molecule has 1 aliphatic carbocycles. The van der Waals surface area contributed by atoms with E-state index in [1.54, 1.807) is 24.3 Å². The van der Waals surface area contributed by atoms with E-state index >= 15 is 0 Å². The molecule has 5 heteroatoms. The Hall–Kier alpha value is -1.26. The van der Waals surface area contributed by atoms with Crippen LogP contribution in [0, 0.1) is 0 Å². The van der Waals surface area contributed by atoms with E-state index in [0.717, 1.165) is 18.4 Å². The van der Waals surface area contributed by atoms with E-state index in [9.17, 15) is 9.90 Å². The highest BCUT2D eigenvalue weighted by Crippen LogP contribution is 2.17. The van der Waals surface area contributed by atoms with Crippen LogP contribution in [-0.2, 0) is 0 Å². The summed E-state index contributed by atoms with van der Waals surface area (Å²) in [5.41, 5.74) is 0.743. The molecule has 1 atom stereocenters. The maximum Gasteiger partial charge on any atom is 0.315 e. The van der Waals surface area contributed by atoms with Crippen LogP contribution in [0.15, 0.2) is 24.3 Å². The lowest BCUT2D eigenvalue weighted by molar-refractivity contribution is 0.172. The predicted octanol–water partition coefficient (Wildman–Crippen LogP) is 3.01. The van der Waals surface area contributed by atoms with Crippen molar-refractivity contribution in [1.29, 1.82) is 0 Å². The molecule has 1 aromatic carbocycles. The number of halogens is 1. The molecule has 0 saturated heterocycles. The van der Waals surface area contributed by atoms with Crippen LogP contribution in [0.3, 0.4) is 0 Å². The number of amides is 2. The summed E-state index contributed by atoms with van der Waals surface area (Å²) in [6, 6.07) is 7.03. The third-order valence-corrected chi connectivity index (χ3v) is 3.90. The Morgan fingerprint density at radius 2 is 1.90 bits per heavy atom. The van der Waals surface area contributed by atoms with Gasteiger partial charge in [0.1, 0.15) is 0 Å². The van der Waals surface area contributed by atoms with Crippen LogP contribution in [0.5, 0.6) is 0 Å². The Balaban J connectivity index is 1.73. The van der Waals surface area contributed by atoms with Crippen molar-refractivity contribution in [3.63, 3.8) is 0 Å². The number of nitrogens with one attached hydrogen (secondary N) is 2. The van der Waals surface area contributed by atoms with Crippen molar-refractivity contribution in [3.8, 4) is 0 Å². The summed E-state index contributed by atoms with van der Waals surface area (Å²) in [6.45, 7) is 0.195. The standard InChI is InChI=1S/C15H21ClN2O2/c16-12-8-6-11(7-9-12)14(19)10-17-15(20)18-13-4-2-1-3-5-13/h6-9,13-14,19H,1-5,10H2,(H2,17,18,20). The maximum absolute atomic E-state index is 11.7. The molecule has 1 unspecified atom stereocenters. The number of hydrogen-bond donors (Lipinski definition) is 3. The van der Waals surface area contributed by atoms with Crippen LogP contribution < -0.4 is 10.6 Å². The normalized spacial score (nSPS) is 17.5. The molecular formula is C15H21ClN2O2. The Labute approximate surface area is 124 Å². The van der Waals surface area contributed by atoms with Gasteiger partial charge in [-0.05, 0) is 30.5 Å². The lowest BCUT2D eigenvalue weighted by Crippen LogP contribution is -2.44. The molecule has 2 rings (SSSR count). The molecule has 2 amide bonds. The van der Waals surface area contributed by atoms with Gasteiger partial charge in [-0.3, -0.25) is 0 Å². The second-order valence-corrected chi connectivity index (χ2v) is 5.69. The zero-order chi connectivity index (χ0) is 14.4. The summed E-state index contributed by atoms with van der Waals surface area (Å²) in [5.74, 6) is 0. The fourth-order valence-corrected chi connectivity index (χ4v) is 2.60. The van der Waals surface area contributed by atoms with E-state index in [0.29, 0.717) is 5.02 Å². The van der Waals surface area contributed by atoms with Gasteiger partial charge in [-0.2, -0.15) is 0 Å². The zero-order valence-electron chi connectivity index (χ0n) is 11.4. The molecule has 0 aliphatic heterocycles. The van der Waals surface area contributed by atoms with Crippen LogP contribution in [0.25, 0.3) is 0 Å². The number of benzene rings is 1. The summed E-state index contributed by atoms with van der Waals surface area (Å²) in [6.07, 6.45) is 5.00. The minimum absolute atomic E-state index is 0.195. The van der Waals surface area contributed by atoms with Gasteiger partial charge in [0, 0.05) is 17.6 Å². The summed E-state index contributed by atoms with van der Waals surface area (Å²) >= 11 is 5.79. The molecule has 0 radical (unpaired) electrons. The minimum atomic E-state index is -0.718. The highest BCUT2D eigenvalue weighted by Gasteiger charge is 2.16. The fraction of sp³-hybridized carbons (Fsp3) is 0.533. The van der Waals surface area contributed by atoms with E-state index in [2.05, 4.69) is 10.6 Å². The maximum atomic E-state index is 11.7. The number of urea groups is 1. The largest absolute Gasteiger partial charge is 0.387 e.